The average Bonchev–Trinajstić information content (AvgIpc) is 2.38. The summed E-state index contributed by atoms with van der Waals surface area (Å²) in [6.07, 6.45) is 0. The van der Waals surface area contributed by atoms with Crippen molar-refractivity contribution in [2.75, 3.05) is 33.6 Å². The minimum absolute atomic E-state index is 0.267. The minimum Gasteiger partial charge on any atom is -0.331 e. The van der Waals surface area contributed by atoms with Crippen molar-refractivity contribution in [3.05, 3.63) is 24.3 Å². The summed E-state index contributed by atoms with van der Waals surface area (Å²) < 4.78 is 21.9. The SMILES string of the molecule is COP(=O)(OC)c1cccc(NC(=O)N(C)C)c1. The van der Waals surface area contributed by atoms with Gasteiger partial charge in [0.1, 0.15) is 0 Å². The van der Waals surface area contributed by atoms with Crippen LogP contribution in [0.5, 0.6) is 0 Å². The number of hydrogen-bond acceptors (Lipinski definition) is 4. The maximum absolute atomic E-state index is 12.2. The monoisotopic (exact) mass is 272 g/mol. The van der Waals surface area contributed by atoms with E-state index in [2.05, 4.69) is 5.32 Å². The number of urea groups is 1. The highest BCUT2D eigenvalue weighted by atomic mass is 31.2. The molecule has 1 rings (SSSR count). The maximum Gasteiger partial charge on any atom is 0.360 e. The molecule has 0 saturated carbocycles. The largest absolute Gasteiger partial charge is 0.360 e. The molecule has 0 radical (unpaired) electrons. The van der Waals surface area contributed by atoms with Crippen LogP contribution in [0.2, 0.25) is 0 Å². The van der Waals surface area contributed by atoms with Gasteiger partial charge in [-0.15, -0.1) is 0 Å². The second-order valence-corrected chi connectivity index (χ2v) is 5.98. The van der Waals surface area contributed by atoms with Gasteiger partial charge in [0.2, 0.25) is 0 Å². The smallest absolute Gasteiger partial charge is 0.331 e. The van der Waals surface area contributed by atoms with Crippen LogP contribution >= 0.6 is 7.60 Å². The molecule has 1 aromatic carbocycles. The number of hydrogen-bond donors (Lipinski definition) is 1. The van der Waals surface area contributed by atoms with Crippen LogP contribution in [0.4, 0.5) is 10.5 Å². The normalized spacial score (nSPS) is 11.1. The number of nitrogens with zero attached hydrogens (tertiary/aromatic N) is 1. The van der Waals surface area contributed by atoms with Crippen molar-refractivity contribution in [1.29, 1.82) is 0 Å². The van der Waals surface area contributed by atoms with Crippen LogP contribution in [-0.2, 0) is 13.6 Å². The second-order valence-electron chi connectivity index (χ2n) is 3.74. The van der Waals surface area contributed by atoms with Gasteiger partial charge in [0.25, 0.3) is 0 Å². The topological polar surface area (TPSA) is 67.9 Å². The first-order valence-electron chi connectivity index (χ1n) is 5.23. The van der Waals surface area contributed by atoms with Crippen LogP contribution in [0.15, 0.2) is 24.3 Å². The van der Waals surface area contributed by atoms with Gasteiger partial charge in [-0.25, -0.2) is 4.79 Å². The zero-order valence-corrected chi connectivity index (χ0v) is 11.7. The van der Waals surface area contributed by atoms with Gasteiger partial charge in [-0.1, -0.05) is 6.07 Å². The Morgan fingerprint density at radius 3 is 2.39 bits per heavy atom. The Labute approximate surface area is 106 Å². The molecule has 0 aliphatic carbocycles. The van der Waals surface area contributed by atoms with Crippen LogP contribution in [0.3, 0.4) is 0 Å². The molecule has 0 saturated heterocycles. The van der Waals surface area contributed by atoms with Gasteiger partial charge in [-0.2, -0.15) is 0 Å². The Kier molecular flexibility index (Phi) is 4.90. The summed E-state index contributed by atoms with van der Waals surface area (Å²) in [5.74, 6) is 0. The van der Waals surface area contributed by atoms with E-state index >= 15 is 0 Å². The van der Waals surface area contributed by atoms with Crippen molar-refractivity contribution in [2.24, 2.45) is 0 Å². The van der Waals surface area contributed by atoms with E-state index in [9.17, 15) is 9.36 Å². The van der Waals surface area contributed by atoms with Crippen LogP contribution < -0.4 is 10.6 Å². The third-order valence-corrected chi connectivity index (χ3v) is 4.17. The van der Waals surface area contributed by atoms with Gasteiger partial charge in [0.15, 0.2) is 0 Å². The molecule has 6 nitrogen and oxygen atoms in total. The Bertz CT molecular complexity index is 468. The van der Waals surface area contributed by atoms with Gasteiger partial charge in [-0.3, -0.25) is 4.57 Å². The van der Waals surface area contributed by atoms with Crippen molar-refractivity contribution in [3.8, 4) is 0 Å². The molecule has 0 unspecified atom stereocenters. The van der Waals surface area contributed by atoms with E-state index in [-0.39, 0.29) is 6.03 Å². The summed E-state index contributed by atoms with van der Waals surface area (Å²) in [6.45, 7) is 0. The van der Waals surface area contributed by atoms with Crippen LogP contribution in [0, 0.1) is 0 Å². The lowest BCUT2D eigenvalue weighted by atomic mass is 10.3. The number of carbonyl (C=O) groups excluding carboxylic acids is 1. The van der Waals surface area contributed by atoms with Crippen molar-refractivity contribution < 1.29 is 18.4 Å². The fourth-order valence-electron chi connectivity index (χ4n) is 1.27. The van der Waals surface area contributed by atoms with Crippen molar-refractivity contribution in [3.63, 3.8) is 0 Å². The predicted octanol–water partition coefficient (Wildman–Crippen LogP) is 1.89. The summed E-state index contributed by atoms with van der Waals surface area (Å²) in [6, 6.07) is 6.29. The molecule has 0 aliphatic rings. The zero-order valence-electron chi connectivity index (χ0n) is 10.8. The molecule has 0 heterocycles. The molecule has 100 valence electrons. The summed E-state index contributed by atoms with van der Waals surface area (Å²) in [4.78, 5) is 12.9. The first-order valence-corrected chi connectivity index (χ1v) is 6.77. The van der Waals surface area contributed by atoms with E-state index in [0.717, 1.165) is 0 Å². The highest BCUT2D eigenvalue weighted by Crippen LogP contribution is 2.45. The van der Waals surface area contributed by atoms with Crippen molar-refractivity contribution in [2.45, 2.75) is 0 Å². The minimum atomic E-state index is -3.29. The first kappa shape index (κ1) is 14.7. The summed E-state index contributed by atoms with van der Waals surface area (Å²) in [5.41, 5.74) is 0.528. The summed E-state index contributed by atoms with van der Waals surface area (Å²) in [5, 5.41) is 3.05. The van der Waals surface area contributed by atoms with Gasteiger partial charge < -0.3 is 19.3 Å². The fraction of sp³-hybridized carbons (Fsp3) is 0.364. The van der Waals surface area contributed by atoms with Gasteiger partial charge in [0.05, 0.1) is 5.30 Å². The number of amides is 2. The molecule has 1 N–H and O–H groups in total. The Balaban J connectivity index is 2.99. The van der Waals surface area contributed by atoms with E-state index in [0.29, 0.717) is 11.0 Å². The number of nitrogens with one attached hydrogen (secondary N) is 1. The molecule has 2 amide bonds. The third-order valence-electron chi connectivity index (χ3n) is 2.30. The Hall–Kier alpha value is -1.36. The van der Waals surface area contributed by atoms with E-state index in [4.69, 9.17) is 9.05 Å². The predicted molar refractivity (Wildman–Crippen MR) is 70.4 cm³/mol. The molecule has 7 heteroatoms. The maximum atomic E-state index is 12.2. The summed E-state index contributed by atoms with van der Waals surface area (Å²) >= 11 is 0. The number of anilines is 1. The third kappa shape index (κ3) is 3.32. The van der Waals surface area contributed by atoms with E-state index < -0.39 is 7.60 Å². The van der Waals surface area contributed by atoms with Crippen LogP contribution in [0.25, 0.3) is 0 Å². The second kappa shape index (κ2) is 6.00. The number of benzene rings is 1. The lowest BCUT2D eigenvalue weighted by molar-refractivity contribution is 0.230. The lowest BCUT2D eigenvalue weighted by Gasteiger charge is -2.16. The van der Waals surface area contributed by atoms with Crippen molar-refractivity contribution >= 4 is 24.6 Å². The van der Waals surface area contributed by atoms with E-state index in [1.54, 1.807) is 38.4 Å². The quantitative estimate of drug-likeness (QED) is 0.850. The first-order chi connectivity index (χ1) is 8.42. The average molecular weight is 272 g/mol. The van der Waals surface area contributed by atoms with Crippen LogP contribution in [-0.4, -0.2) is 39.2 Å². The lowest BCUT2D eigenvalue weighted by Crippen LogP contribution is -2.27. The van der Waals surface area contributed by atoms with Gasteiger partial charge >= 0.3 is 13.6 Å². The number of rotatable bonds is 4. The molecule has 0 spiro atoms. The Morgan fingerprint density at radius 2 is 1.89 bits per heavy atom. The van der Waals surface area contributed by atoms with Gasteiger partial charge in [-0.05, 0) is 18.2 Å². The van der Waals surface area contributed by atoms with Gasteiger partial charge in [0, 0.05) is 34.0 Å². The zero-order chi connectivity index (χ0) is 13.8. The Morgan fingerprint density at radius 1 is 1.28 bits per heavy atom. The van der Waals surface area contributed by atoms with E-state index in [1.165, 1.54) is 19.1 Å². The molecule has 0 aliphatic heterocycles. The molecular weight excluding hydrogens is 255 g/mol. The molecule has 18 heavy (non-hydrogen) atoms. The van der Waals surface area contributed by atoms with Crippen molar-refractivity contribution in [1.82, 2.24) is 4.90 Å². The fourth-order valence-corrected chi connectivity index (χ4v) is 2.41. The number of carbonyl (C=O) groups is 1. The molecule has 0 atom stereocenters. The standard InChI is InChI=1S/C11H17N2O4P/c1-13(2)11(14)12-9-6-5-7-10(8-9)18(15,16-3)17-4/h5-8H,1-4H3,(H,12,14). The molecule has 0 bridgehead atoms. The van der Waals surface area contributed by atoms with Crippen LogP contribution in [0.1, 0.15) is 0 Å². The molecule has 0 fully saturated rings. The molecule has 1 aromatic rings. The molecular formula is C11H17N2O4P. The van der Waals surface area contributed by atoms with E-state index in [1.807, 2.05) is 0 Å². The highest BCUT2D eigenvalue weighted by molar-refractivity contribution is 7.62. The molecule has 0 aromatic heterocycles. The highest BCUT2D eigenvalue weighted by Gasteiger charge is 2.24. The summed E-state index contributed by atoms with van der Waals surface area (Å²) in [7, 11) is 2.60.